The summed E-state index contributed by atoms with van der Waals surface area (Å²) in [6.07, 6.45) is 0.511. The van der Waals surface area contributed by atoms with Crippen LogP contribution in [0.4, 0.5) is 13.2 Å². The van der Waals surface area contributed by atoms with Crippen LogP contribution in [-0.2, 0) is 0 Å². The lowest BCUT2D eigenvalue weighted by Crippen LogP contribution is -2.29. The molecule has 0 radical (unpaired) electrons. The molecule has 1 aromatic rings. The summed E-state index contributed by atoms with van der Waals surface area (Å²) in [5.41, 5.74) is 4.94. The van der Waals surface area contributed by atoms with Gasteiger partial charge in [-0.2, -0.15) is 0 Å². The second-order valence-corrected chi connectivity index (χ2v) is 3.74. The lowest BCUT2D eigenvalue weighted by atomic mass is 10.1. The zero-order valence-electron chi connectivity index (χ0n) is 9.27. The first-order chi connectivity index (χ1) is 7.93. The highest BCUT2D eigenvalue weighted by atomic mass is 19.2. The first-order valence-corrected chi connectivity index (χ1v) is 5.10. The zero-order valence-corrected chi connectivity index (χ0v) is 9.27. The first-order valence-electron chi connectivity index (χ1n) is 5.10. The Balaban J connectivity index is 2.73. The molecule has 0 aliphatic rings. The Labute approximate surface area is 96.8 Å². The number of halogens is 3. The fraction of sp³-hybridized carbons (Fsp3) is 0.364. The molecule has 0 aliphatic heterocycles. The largest absolute Gasteiger partial charge is 0.352 e. The van der Waals surface area contributed by atoms with Crippen molar-refractivity contribution in [2.75, 3.05) is 6.54 Å². The summed E-state index contributed by atoms with van der Waals surface area (Å²) in [6, 6.07) is 1.50. The van der Waals surface area contributed by atoms with Crippen LogP contribution in [0.25, 0.3) is 0 Å². The molecule has 0 aromatic heterocycles. The minimum Gasteiger partial charge on any atom is -0.352 e. The van der Waals surface area contributed by atoms with Gasteiger partial charge in [0.05, 0.1) is 5.56 Å². The summed E-state index contributed by atoms with van der Waals surface area (Å²) in [7, 11) is 0. The van der Waals surface area contributed by atoms with Gasteiger partial charge in [-0.15, -0.1) is 0 Å². The lowest BCUT2D eigenvalue weighted by Gasteiger charge is -2.08. The lowest BCUT2D eigenvalue weighted by molar-refractivity contribution is 0.0947. The third-order valence-corrected chi connectivity index (χ3v) is 2.17. The van der Waals surface area contributed by atoms with Crippen molar-refractivity contribution in [3.63, 3.8) is 0 Å². The van der Waals surface area contributed by atoms with E-state index >= 15 is 0 Å². The van der Waals surface area contributed by atoms with Crippen molar-refractivity contribution in [3.05, 3.63) is 35.1 Å². The maximum absolute atomic E-state index is 13.2. The molecule has 17 heavy (non-hydrogen) atoms. The number of carbonyl (C=O) groups excluding carboxylic acids is 1. The van der Waals surface area contributed by atoms with E-state index in [1.807, 2.05) is 0 Å². The average Bonchev–Trinajstić information content (AvgIpc) is 2.25. The zero-order chi connectivity index (χ0) is 13.0. The summed E-state index contributed by atoms with van der Waals surface area (Å²) in [5.74, 6) is -5.25. The van der Waals surface area contributed by atoms with E-state index in [-0.39, 0.29) is 12.6 Å². The molecule has 0 bridgehead atoms. The third kappa shape index (κ3) is 3.45. The molecule has 0 saturated carbocycles. The topological polar surface area (TPSA) is 55.1 Å². The van der Waals surface area contributed by atoms with E-state index in [1.54, 1.807) is 6.92 Å². The van der Waals surface area contributed by atoms with E-state index in [4.69, 9.17) is 5.73 Å². The van der Waals surface area contributed by atoms with Crippen molar-refractivity contribution in [1.82, 2.24) is 5.32 Å². The van der Waals surface area contributed by atoms with Gasteiger partial charge in [0.2, 0.25) is 0 Å². The van der Waals surface area contributed by atoms with E-state index in [0.717, 1.165) is 6.07 Å². The Morgan fingerprint density at radius 3 is 2.59 bits per heavy atom. The third-order valence-electron chi connectivity index (χ3n) is 2.17. The van der Waals surface area contributed by atoms with E-state index < -0.39 is 28.9 Å². The molecule has 1 atom stereocenters. The predicted molar refractivity (Wildman–Crippen MR) is 56.9 cm³/mol. The Kier molecular flexibility index (Phi) is 4.51. The maximum Gasteiger partial charge on any atom is 0.254 e. The molecule has 3 N–H and O–H groups in total. The van der Waals surface area contributed by atoms with Gasteiger partial charge < -0.3 is 11.1 Å². The number of carbonyl (C=O) groups is 1. The van der Waals surface area contributed by atoms with Gasteiger partial charge in [0.15, 0.2) is 17.5 Å². The highest BCUT2D eigenvalue weighted by molar-refractivity contribution is 5.94. The second kappa shape index (κ2) is 5.67. The second-order valence-electron chi connectivity index (χ2n) is 3.74. The Morgan fingerprint density at radius 1 is 1.35 bits per heavy atom. The number of hydrogen-bond donors (Lipinski definition) is 2. The smallest absolute Gasteiger partial charge is 0.254 e. The van der Waals surface area contributed by atoms with E-state index in [1.165, 1.54) is 0 Å². The van der Waals surface area contributed by atoms with E-state index in [0.29, 0.717) is 12.5 Å². The maximum atomic E-state index is 13.2. The van der Waals surface area contributed by atoms with Crippen LogP contribution in [0.1, 0.15) is 23.7 Å². The molecule has 1 aromatic carbocycles. The molecule has 0 fully saturated rings. The molecule has 6 heteroatoms. The summed E-state index contributed by atoms with van der Waals surface area (Å²) >= 11 is 0. The van der Waals surface area contributed by atoms with Gasteiger partial charge in [0.1, 0.15) is 0 Å². The van der Waals surface area contributed by atoms with Gasteiger partial charge in [-0.3, -0.25) is 4.79 Å². The van der Waals surface area contributed by atoms with Crippen LogP contribution in [0.15, 0.2) is 12.1 Å². The van der Waals surface area contributed by atoms with Crippen LogP contribution in [0.3, 0.4) is 0 Å². The minimum atomic E-state index is -1.65. The van der Waals surface area contributed by atoms with Crippen LogP contribution >= 0.6 is 0 Å². The van der Waals surface area contributed by atoms with Crippen LogP contribution in [-0.4, -0.2) is 18.5 Å². The highest BCUT2D eigenvalue weighted by Gasteiger charge is 2.18. The molecule has 1 unspecified atom stereocenters. The molecule has 3 nitrogen and oxygen atoms in total. The molecule has 1 rings (SSSR count). The van der Waals surface area contributed by atoms with Gasteiger partial charge in [0, 0.05) is 12.6 Å². The fourth-order valence-corrected chi connectivity index (χ4v) is 1.21. The molecular formula is C11H13F3N2O. The van der Waals surface area contributed by atoms with Crippen molar-refractivity contribution in [2.45, 2.75) is 19.4 Å². The van der Waals surface area contributed by atoms with Gasteiger partial charge in [-0.05, 0) is 25.5 Å². The quantitative estimate of drug-likeness (QED) is 0.792. The Hall–Kier alpha value is -1.56. The summed E-state index contributed by atoms with van der Waals surface area (Å²) in [4.78, 5) is 11.4. The van der Waals surface area contributed by atoms with Crippen molar-refractivity contribution >= 4 is 5.91 Å². The van der Waals surface area contributed by atoms with Crippen molar-refractivity contribution in [3.8, 4) is 0 Å². The summed E-state index contributed by atoms with van der Waals surface area (Å²) < 4.78 is 38.7. The van der Waals surface area contributed by atoms with Gasteiger partial charge >= 0.3 is 0 Å². The van der Waals surface area contributed by atoms with Gasteiger partial charge in [-0.1, -0.05) is 0 Å². The van der Waals surface area contributed by atoms with Crippen LogP contribution in [0, 0.1) is 17.5 Å². The monoisotopic (exact) mass is 246 g/mol. The van der Waals surface area contributed by atoms with Gasteiger partial charge in [0.25, 0.3) is 5.91 Å². The van der Waals surface area contributed by atoms with E-state index in [2.05, 4.69) is 5.32 Å². The molecule has 1 amide bonds. The van der Waals surface area contributed by atoms with Crippen molar-refractivity contribution in [2.24, 2.45) is 5.73 Å². The number of rotatable bonds is 4. The number of nitrogens with two attached hydrogens (primary N) is 1. The van der Waals surface area contributed by atoms with Gasteiger partial charge in [-0.25, -0.2) is 13.2 Å². The summed E-state index contributed by atoms with van der Waals surface area (Å²) in [6.45, 7) is 2.00. The van der Waals surface area contributed by atoms with Crippen LogP contribution in [0.2, 0.25) is 0 Å². The Morgan fingerprint density at radius 2 is 2.00 bits per heavy atom. The average molecular weight is 246 g/mol. The van der Waals surface area contributed by atoms with E-state index in [9.17, 15) is 18.0 Å². The Bertz CT molecular complexity index is 421. The molecule has 0 spiro atoms. The first kappa shape index (κ1) is 13.5. The molecule has 94 valence electrons. The van der Waals surface area contributed by atoms with Crippen LogP contribution in [0.5, 0.6) is 0 Å². The number of amides is 1. The number of benzene rings is 1. The minimum absolute atomic E-state index is 0.106. The predicted octanol–water partition coefficient (Wildman–Crippen LogP) is 1.57. The summed E-state index contributed by atoms with van der Waals surface area (Å²) in [5, 5.41) is 2.37. The SMILES string of the molecule is CC(N)CCNC(=O)c1ccc(F)c(F)c1F. The normalized spacial score (nSPS) is 12.3. The highest BCUT2D eigenvalue weighted by Crippen LogP contribution is 2.14. The molecule has 0 heterocycles. The standard InChI is InChI=1S/C11H13F3N2O/c1-6(15)4-5-16-11(17)7-2-3-8(12)10(14)9(7)13/h2-3,6H,4-5,15H2,1H3,(H,16,17). The molecular weight excluding hydrogens is 233 g/mol. The number of nitrogens with one attached hydrogen (secondary N) is 1. The fourth-order valence-electron chi connectivity index (χ4n) is 1.21. The number of hydrogen-bond acceptors (Lipinski definition) is 2. The van der Waals surface area contributed by atoms with Crippen molar-refractivity contribution < 1.29 is 18.0 Å². The van der Waals surface area contributed by atoms with Crippen LogP contribution < -0.4 is 11.1 Å². The molecule has 0 saturated heterocycles. The van der Waals surface area contributed by atoms with Crippen molar-refractivity contribution in [1.29, 1.82) is 0 Å². The molecule has 0 aliphatic carbocycles.